The Hall–Kier alpha value is -3.58. The highest BCUT2D eigenvalue weighted by Gasteiger charge is 2.32. The molecule has 3 amide bonds. The molecule has 2 atom stereocenters. The van der Waals surface area contributed by atoms with E-state index in [0.717, 1.165) is 24.8 Å². The number of ether oxygens (including phenoxy) is 2. The van der Waals surface area contributed by atoms with Crippen molar-refractivity contribution in [2.24, 2.45) is 0 Å². The minimum Gasteiger partial charge on any atom is -0.449 e. The van der Waals surface area contributed by atoms with Gasteiger partial charge in [-0.2, -0.15) is 0 Å². The lowest BCUT2D eigenvalue weighted by molar-refractivity contribution is -0.135. The summed E-state index contributed by atoms with van der Waals surface area (Å²) in [4.78, 5) is 72.9. The molecule has 2 saturated heterocycles. The van der Waals surface area contributed by atoms with Gasteiger partial charge in [-0.3, -0.25) is 14.2 Å². The molecule has 3 N–H and O–H groups in total. The van der Waals surface area contributed by atoms with Crippen LogP contribution in [0.2, 0.25) is 0 Å². The minimum absolute atomic E-state index is 0.0140. The molecule has 2 aromatic rings. The van der Waals surface area contributed by atoms with Crippen LogP contribution >= 0.6 is 7.60 Å². The SMILES string of the molecule is CCCCOC(=O)N1CCN(C(=O)[C@@H](CCCP(=O)(O)O)NC(=O)c2cc(N3CC[C@H](OC)C3)nc(-c3ccccc3)n2)CC1. The second-order valence-corrected chi connectivity index (χ2v) is 13.0. The number of rotatable bonds is 13. The molecule has 0 spiro atoms. The maximum atomic E-state index is 13.7. The van der Waals surface area contributed by atoms with E-state index in [2.05, 4.69) is 10.3 Å². The summed E-state index contributed by atoms with van der Waals surface area (Å²) in [6.07, 6.45) is 1.70. The molecule has 4 rings (SSSR count). The van der Waals surface area contributed by atoms with Crippen molar-refractivity contribution in [1.82, 2.24) is 25.1 Å². The lowest BCUT2D eigenvalue weighted by Gasteiger charge is -2.36. The molecule has 2 aliphatic heterocycles. The van der Waals surface area contributed by atoms with E-state index in [0.29, 0.717) is 31.3 Å². The minimum atomic E-state index is -4.31. The van der Waals surface area contributed by atoms with Crippen LogP contribution in [0.1, 0.15) is 49.5 Å². The van der Waals surface area contributed by atoms with Crippen LogP contribution in [0.15, 0.2) is 36.4 Å². The van der Waals surface area contributed by atoms with E-state index < -0.39 is 37.7 Å². The van der Waals surface area contributed by atoms with Gasteiger partial charge in [0, 0.05) is 64.2 Å². The van der Waals surface area contributed by atoms with Crippen molar-refractivity contribution < 1.29 is 38.2 Å². The van der Waals surface area contributed by atoms with Crippen LogP contribution < -0.4 is 10.2 Å². The topological polar surface area (TPSA) is 175 Å². The van der Waals surface area contributed by atoms with Crippen LogP contribution in [-0.2, 0) is 18.8 Å². The van der Waals surface area contributed by atoms with Crippen molar-refractivity contribution >= 4 is 31.3 Å². The van der Waals surface area contributed by atoms with Crippen LogP contribution in [0.3, 0.4) is 0 Å². The monoisotopic (exact) mass is 646 g/mol. The van der Waals surface area contributed by atoms with Crippen LogP contribution in [0, 0.1) is 0 Å². The number of methoxy groups -OCH3 is 1. The molecule has 0 aliphatic carbocycles. The average molecular weight is 647 g/mol. The molecule has 1 aromatic heterocycles. The van der Waals surface area contributed by atoms with E-state index in [1.165, 1.54) is 0 Å². The van der Waals surface area contributed by atoms with E-state index in [1.807, 2.05) is 42.2 Å². The lowest BCUT2D eigenvalue weighted by atomic mass is 10.1. The molecule has 3 heterocycles. The van der Waals surface area contributed by atoms with Crippen LogP contribution in [0.5, 0.6) is 0 Å². The first-order chi connectivity index (χ1) is 21.6. The third-order valence-corrected chi connectivity index (χ3v) is 8.80. The molecule has 246 valence electrons. The predicted molar refractivity (Wildman–Crippen MR) is 167 cm³/mol. The smallest absolute Gasteiger partial charge is 0.409 e. The maximum Gasteiger partial charge on any atom is 0.409 e. The second kappa shape index (κ2) is 16.1. The molecular formula is C30H43N6O8P. The van der Waals surface area contributed by atoms with Gasteiger partial charge in [0.1, 0.15) is 17.6 Å². The molecule has 0 unspecified atom stereocenters. The number of piperazine rings is 1. The fraction of sp³-hybridized carbons (Fsp3) is 0.567. The standard InChI is InChI=1S/C30H43N6O8P/c1-3-4-18-44-30(39)35-16-14-34(15-17-35)29(38)24(11-8-19-45(40,41)42)32-28(37)25-20-26(36-13-12-23(21-36)43-2)33-27(31-25)22-9-6-5-7-10-22/h5-7,9-10,20,23-24H,3-4,8,11-19,21H2,1-2H3,(H,32,37)(H2,40,41,42)/t23-,24+/m0/s1. The summed E-state index contributed by atoms with van der Waals surface area (Å²) in [5.74, 6) is -0.0931. The summed E-state index contributed by atoms with van der Waals surface area (Å²) in [5, 5.41) is 2.78. The number of carbonyl (C=O) groups is 3. The molecule has 14 nitrogen and oxygen atoms in total. The fourth-order valence-electron chi connectivity index (χ4n) is 5.27. The second-order valence-electron chi connectivity index (χ2n) is 11.2. The number of nitrogens with zero attached hydrogens (tertiary/aromatic N) is 5. The van der Waals surface area contributed by atoms with E-state index >= 15 is 0 Å². The highest BCUT2D eigenvalue weighted by Crippen LogP contribution is 2.35. The zero-order valence-electron chi connectivity index (χ0n) is 25.8. The summed E-state index contributed by atoms with van der Waals surface area (Å²) < 4.78 is 22.3. The van der Waals surface area contributed by atoms with E-state index in [-0.39, 0.29) is 50.8 Å². The summed E-state index contributed by atoms with van der Waals surface area (Å²) >= 11 is 0. The third kappa shape index (κ3) is 9.95. The summed E-state index contributed by atoms with van der Waals surface area (Å²) in [5.41, 5.74) is 0.781. The van der Waals surface area contributed by atoms with Crippen molar-refractivity contribution in [3.8, 4) is 11.4 Å². The van der Waals surface area contributed by atoms with Crippen molar-refractivity contribution in [1.29, 1.82) is 0 Å². The van der Waals surface area contributed by atoms with Crippen LogP contribution in [0.4, 0.5) is 10.6 Å². The van der Waals surface area contributed by atoms with Gasteiger partial charge in [0.15, 0.2) is 5.82 Å². The fourth-order valence-corrected chi connectivity index (χ4v) is 5.87. The number of unbranched alkanes of at least 4 members (excludes halogenated alkanes) is 1. The van der Waals surface area contributed by atoms with Crippen LogP contribution in [-0.4, -0.2) is 119 Å². The van der Waals surface area contributed by atoms with Crippen molar-refractivity contribution in [2.45, 2.75) is 51.2 Å². The molecule has 0 bridgehead atoms. The number of anilines is 1. The molecule has 2 aliphatic rings. The van der Waals surface area contributed by atoms with Gasteiger partial charge in [-0.15, -0.1) is 0 Å². The number of carbonyl (C=O) groups excluding carboxylic acids is 3. The molecule has 45 heavy (non-hydrogen) atoms. The largest absolute Gasteiger partial charge is 0.449 e. The maximum absolute atomic E-state index is 13.7. The number of benzene rings is 1. The average Bonchev–Trinajstić information content (AvgIpc) is 3.53. The Balaban J connectivity index is 1.52. The van der Waals surface area contributed by atoms with Gasteiger partial charge in [0.2, 0.25) is 5.91 Å². The van der Waals surface area contributed by atoms with Gasteiger partial charge in [-0.25, -0.2) is 14.8 Å². The Morgan fingerprint density at radius 3 is 2.40 bits per heavy atom. The van der Waals surface area contributed by atoms with E-state index in [4.69, 9.17) is 14.5 Å². The Labute approximate surface area is 263 Å². The molecule has 0 saturated carbocycles. The Kier molecular flexibility index (Phi) is 12.3. The molecule has 2 fully saturated rings. The van der Waals surface area contributed by atoms with Gasteiger partial charge in [0.05, 0.1) is 12.7 Å². The molecule has 1 aromatic carbocycles. The number of hydrogen-bond acceptors (Lipinski definition) is 9. The summed E-state index contributed by atoms with van der Waals surface area (Å²) in [6, 6.07) is 9.78. The van der Waals surface area contributed by atoms with Crippen molar-refractivity contribution in [3.05, 3.63) is 42.1 Å². The van der Waals surface area contributed by atoms with Gasteiger partial charge in [-0.05, 0) is 25.7 Å². The van der Waals surface area contributed by atoms with Crippen LogP contribution in [0.25, 0.3) is 11.4 Å². The Morgan fingerprint density at radius 2 is 1.76 bits per heavy atom. The number of amides is 3. The normalized spacial score (nSPS) is 17.7. The summed E-state index contributed by atoms with van der Waals surface area (Å²) in [6.45, 7) is 4.64. The van der Waals surface area contributed by atoms with Gasteiger partial charge < -0.3 is 39.3 Å². The first-order valence-electron chi connectivity index (χ1n) is 15.4. The Morgan fingerprint density at radius 1 is 1.04 bits per heavy atom. The predicted octanol–water partition coefficient (Wildman–Crippen LogP) is 2.51. The lowest BCUT2D eigenvalue weighted by Crippen LogP contribution is -2.56. The number of nitrogens with one attached hydrogen (secondary N) is 1. The Bertz CT molecular complexity index is 1350. The first kappa shape index (κ1) is 34.3. The van der Waals surface area contributed by atoms with Crippen molar-refractivity contribution in [3.63, 3.8) is 0 Å². The van der Waals surface area contributed by atoms with Gasteiger partial charge in [-0.1, -0.05) is 43.7 Å². The quantitative estimate of drug-likeness (QED) is 0.215. The third-order valence-electron chi connectivity index (χ3n) is 7.90. The first-order valence-corrected chi connectivity index (χ1v) is 17.2. The highest BCUT2D eigenvalue weighted by molar-refractivity contribution is 7.51. The molecule has 15 heteroatoms. The molecular weight excluding hydrogens is 603 g/mol. The number of aromatic nitrogens is 2. The molecule has 0 radical (unpaired) electrons. The zero-order valence-corrected chi connectivity index (χ0v) is 26.7. The zero-order chi connectivity index (χ0) is 32.4. The van der Waals surface area contributed by atoms with Crippen molar-refractivity contribution in [2.75, 3.05) is 64.0 Å². The van der Waals surface area contributed by atoms with E-state index in [1.54, 1.807) is 23.0 Å². The van der Waals surface area contributed by atoms with E-state index in [9.17, 15) is 28.7 Å². The van der Waals surface area contributed by atoms with Gasteiger partial charge >= 0.3 is 13.7 Å². The summed E-state index contributed by atoms with van der Waals surface area (Å²) in [7, 11) is -2.65. The number of hydrogen-bond donors (Lipinski definition) is 3. The van der Waals surface area contributed by atoms with Gasteiger partial charge in [0.25, 0.3) is 5.91 Å². The highest BCUT2D eigenvalue weighted by atomic mass is 31.2.